The van der Waals surface area contributed by atoms with Crippen molar-refractivity contribution in [2.75, 3.05) is 26.2 Å². The zero-order valence-corrected chi connectivity index (χ0v) is 11.1. The zero-order chi connectivity index (χ0) is 14.5. The predicted octanol–water partition coefficient (Wildman–Crippen LogP) is 0.690. The van der Waals surface area contributed by atoms with E-state index in [1.165, 1.54) is 18.2 Å². The van der Waals surface area contributed by atoms with Crippen LogP contribution in [0.4, 0.5) is 8.78 Å². The summed E-state index contributed by atoms with van der Waals surface area (Å²) in [7, 11) is 0. The molecule has 1 amide bonds. The quantitative estimate of drug-likeness (QED) is 0.836. The summed E-state index contributed by atoms with van der Waals surface area (Å²) in [4.78, 5) is 13.5. The molecule has 0 saturated carbocycles. The first-order valence-electron chi connectivity index (χ1n) is 6.66. The number of carbonyl (C=O) groups is 1. The second-order valence-corrected chi connectivity index (χ2v) is 4.98. The van der Waals surface area contributed by atoms with Crippen molar-refractivity contribution in [1.82, 2.24) is 10.2 Å². The minimum atomic E-state index is -0.595. The van der Waals surface area contributed by atoms with E-state index in [9.17, 15) is 18.7 Å². The minimum Gasteiger partial charge on any atom is -0.392 e. The van der Waals surface area contributed by atoms with Crippen LogP contribution in [0.2, 0.25) is 0 Å². The summed E-state index contributed by atoms with van der Waals surface area (Å²) in [5, 5.41) is 12.0. The van der Waals surface area contributed by atoms with Crippen molar-refractivity contribution in [3.63, 3.8) is 0 Å². The lowest BCUT2D eigenvalue weighted by molar-refractivity contribution is -0.122. The van der Waals surface area contributed by atoms with Gasteiger partial charge in [0.2, 0.25) is 5.91 Å². The Bertz CT molecular complexity index is 462. The van der Waals surface area contributed by atoms with E-state index in [0.29, 0.717) is 19.5 Å². The molecule has 20 heavy (non-hydrogen) atoms. The molecule has 1 fully saturated rings. The van der Waals surface area contributed by atoms with Crippen molar-refractivity contribution in [2.45, 2.75) is 18.9 Å². The number of β-amino-alcohol motifs (C(OH)–C–C–N with tert-alkyl or cyclic N) is 1. The third-order valence-electron chi connectivity index (χ3n) is 3.37. The van der Waals surface area contributed by atoms with Gasteiger partial charge in [0, 0.05) is 25.2 Å². The van der Waals surface area contributed by atoms with Crippen molar-refractivity contribution >= 4 is 5.91 Å². The fraction of sp³-hybridized carbons (Fsp3) is 0.500. The van der Waals surface area contributed by atoms with Gasteiger partial charge in [0.05, 0.1) is 12.6 Å². The lowest BCUT2D eigenvalue weighted by Crippen LogP contribution is -2.37. The molecule has 2 N–H and O–H groups in total. The monoisotopic (exact) mass is 284 g/mol. The summed E-state index contributed by atoms with van der Waals surface area (Å²) in [5.74, 6) is -1.39. The minimum absolute atomic E-state index is 0.00982. The molecule has 1 aliphatic rings. The lowest BCUT2D eigenvalue weighted by atomic mass is 10.1. The SMILES string of the molecule is O=C(CN1CC[C@@H](O)C1)NCCc1c(F)cccc1F. The van der Waals surface area contributed by atoms with Crippen molar-refractivity contribution in [1.29, 1.82) is 0 Å². The molecule has 0 aromatic heterocycles. The van der Waals surface area contributed by atoms with Gasteiger partial charge in [-0.3, -0.25) is 9.69 Å². The summed E-state index contributed by atoms with van der Waals surface area (Å²) in [6.45, 7) is 1.58. The Kier molecular flexibility index (Phi) is 5.03. The molecule has 1 atom stereocenters. The van der Waals surface area contributed by atoms with Crippen LogP contribution in [0.3, 0.4) is 0 Å². The molecular weight excluding hydrogens is 266 g/mol. The summed E-state index contributed by atoms with van der Waals surface area (Å²) >= 11 is 0. The number of likely N-dealkylation sites (tertiary alicyclic amines) is 1. The average Bonchev–Trinajstić information content (AvgIpc) is 2.78. The Morgan fingerprint density at radius 3 is 2.70 bits per heavy atom. The number of hydrogen-bond acceptors (Lipinski definition) is 3. The van der Waals surface area contributed by atoms with Crippen LogP contribution in [0.1, 0.15) is 12.0 Å². The first-order valence-corrected chi connectivity index (χ1v) is 6.66. The normalized spacial score (nSPS) is 19.2. The largest absolute Gasteiger partial charge is 0.392 e. The van der Waals surface area contributed by atoms with Gasteiger partial charge in [-0.25, -0.2) is 8.78 Å². The van der Waals surface area contributed by atoms with E-state index in [1.807, 2.05) is 4.90 Å². The predicted molar refractivity (Wildman–Crippen MR) is 70.1 cm³/mol. The van der Waals surface area contributed by atoms with Gasteiger partial charge in [-0.1, -0.05) is 6.07 Å². The van der Waals surface area contributed by atoms with E-state index in [-0.39, 0.29) is 37.1 Å². The van der Waals surface area contributed by atoms with Gasteiger partial charge < -0.3 is 10.4 Å². The molecule has 0 bridgehead atoms. The number of nitrogens with zero attached hydrogens (tertiary/aromatic N) is 1. The Hall–Kier alpha value is -1.53. The third-order valence-corrected chi connectivity index (χ3v) is 3.37. The highest BCUT2D eigenvalue weighted by atomic mass is 19.1. The Morgan fingerprint density at radius 1 is 1.40 bits per heavy atom. The second-order valence-electron chi connectivity index (χ2n) is 4.98. The molecule has 110 valence electrons. The molecule has 0 radical (unpaired) electrons. The van der Waals surface area contributed by atoms with Gasteiger partial charge in [-0.05, 0) is 25.0 Å². The third kappa shape index (κ3) is 3.98. The molecule has 1 saturated heterocycles. The number of halogens is 2. The van der Waals surface area contributed by atoms with Crippen LogP contribution >= 0.6 is 0 Å². The highest BCUT2D eigenvalue weighted by Gasteiger charge is 2.21. The molecule has 0 aliphatic carbocycles. The maximum Gasteiger partial charge on any atom is 0.234 e. The Balaban J connectivity index is 1.74. The fourth-order valence-corrected chi connectivity index (χ4v) is 2.31. The molecule has 0 unspecified atom stereocenters. The summed E-state index contributed by atoms with van der Waals surface area (Å²) in [5.41, 5.74) is -0.00982. The van der Waals surface area contributed by atoms with Crippen LogP contribution in [-0.2, 0) is 11.2 Å². The lowest BCUT2D eigenvalue weighted by Gasteiger charge is -2.14. The van der Waals surface area contributed by atoms with Crippen LogP contribution in [0.15, 0.2) is 18.2 Å². The molecule has 0 spiro atoms. The first kappa shape index (κ1) is 14.9. The van der Waals surface area contributed by atoms with Crippen LogP contribution in [-0.4, -0.2) is 48.2 Å². The molecule has 1 aliphatic heterocycles. The highest BCUT2D eigenvalue weighted by molar-refractivity contribution is 5.78. The van der Waals surface area contributed by atoms with E-state index < -0.39 is 11.6 Å². The Morgan fingerprint density at radius 2 is 2.10 bits per heavy atom. The average molecular weight is 284 g/mol. The van der Waals surface area contributed by atoms with Gasteiger partial charge in [-0.2, -0.15) is 0 Å². The van der Waals surface area contributed by atoms with E-state index in [2.05, 4.69) is 5.32 Å². The van der Waals surface area contributed by atoms with Crippen LogP contribution in [0, 0.1) is 11.6 Å². The van der Waals surface area contributed by atoms with Crippen LogP contribution < -0.4 is 5.32 Å². The summed E-state index contributed by atoms with van der Waals surface area (Å²) in [6, 6.07) is 3.71. The second kappa shape index (κ2) is 6.76. The number of rotatable bonds is 5. The van der Waals surface area contributed by atoms with Crippen LogP contribution in [0.5, 0.6) is 0 Å². The molecule has 1 aromatic rings. The molecule has 2 rings (SSSR count). The van der Waals surface area contributed by atoms with Gasteiger partial charge >= 0.3 is 0 Å². The maximum absolute atomic E-state index is 13.4. The zero-order valence-electron chi connectivity index (χ0n) is 11.1. The standard InChI is InChI=1S/C14H18F2N2O2/c15-12-2-1-3-13(16)11(12)4-6-17-14(20)9-18-7-5-10(19)8-18/h1-3,10,19H,4-9H2,(H,17,20)/t10-/m1/s1. The van der Waals surface area contributed by atoms with Gasteiger partial charge in [0.25, 0.3) is 0 Å². The molecule has 1 aromatic carbocycles. The number of aliphatic hydroxyl groups is 1. The number of aliphatic hydroxyl groups excluding tert-OH is 1. The highest BCUT2D eigenvalue weighted by Crippen LogP contribution is 2.12. The topological polar surface area (TPSA) is 52.6 Å². The number of amides is 1. The van der Waals surface area contributed by atoms with E-state index in [4.69, 9.17) is 0 Å². The number of benzene rings is 1. The van der Waals surface area contributed by atoms with Gasteiger partial charge in [0.15, 0.2) is 0 Å². The van der Waals surface area contributed by atoms with Gasteiger partial charge in [-0.15, -0.1) is 0 Å². The fourth-order valence-electron chi connectivity index (χ4n) is 2.31. The van der Waals surface area contributed by atoms with E-state index >= 15 is 0 Å². The van der Waals surface area contributed by atoms with Crippen LogP contribution in [0.25, 0.3) is 0 Å². The maximum atomic E-state index is 13.4. The number of hydrogen-bond donors (Lipinski definition) is 2. The Labute approximate surface area is 116 Å². The molecule has 1 heterocycles. The van der Waals surface area contributed by atoms with E-state index in [0.717, 1.165) is 0 Å². The molecule has 6 heteroatoms. The van der Waals surface area contributed by atoms with Crippen molar-refractivity contribution in [3.05, 3.63) is 35.4 Å². The number of nitrogens with one attached hydrogen (secondary N) is 1. The first-order chi connectivity index (χ1) is 9.56. The molecular formula is C14H18F2N2O2. The van der Waals surface area contributed by atoms with E-state index in [1.54, 1.807) is 0 Å². The molecule has 4 nitrogen and oxygen atoms in total. The van der Waals surface area contributed by atoms with Crippen molar-refractivity contribution < 1.29 is 18.7 Å². The van der Waals surface area contributed by atoms with Crippen molar-refractivity contribution in [3.8, 4) is 0 Å². The number of carbonyl (C=O) groups excluding carboxylic acids is 1. The summed E-state index contributed by atoms with van der Waals surface area (Å²) in [6.07, 6.45) is 0.427. The van der Waals surface area contributed by atoms with Gasteiger partial charge in [0.1, 0.15) is 11.6 Å². The van der Waals surface area contributed by atoms with Crippen molar-refractivity contribution in [2.24, 2.45) is 0 Å². The smallest absolute Gasteiger partial charge is 0.234 e. The summed E-state index contributed by atoms with van der Waals surface area (Å²) < 4.78 is 26.7.